The number of benzene rings is 1. The van der Waals surface area contributed by atoms with Crippen LogP contribution in [0.25, 0.3) is 11.0 Å². The van der Waals surface area contributed by atoms with E-state index >= 15 is 0 Å². The highest BCUT2D eigenvalue weighted by atomic mass is 32.1. The third-order valence-electron chi connectivity index (χ3n) is 3.96. The average molecular weight is 313 g/mol. The molecule has 3 nitrogen and oxygen atoms in total. The van der Waals surface area contributed by atoms with Crippen molar-refractivity contribution in [2.45, 2.75) is 26.9 Å². The summed E-state index contributed by atoms with van der Waals surface area (Å²) in [4.78, 5) is 15.4. The van der Waals surface area contributed by atoms with Crippen LogP contribution in [0.2, 0.25) is 0 Å². The van der Waals surface area contributed by atoms with Crippen LogP contribution in [0.4, 0.5) is 0 Å². The maximum atomic E-state index is 11.9. The van der Waals surface area contributed by atoms with Crippen LogP contribution in [0, 0.1) is 13.8 Å². The molecule has 0 unspecified atom stereocenters. The van der Waals surface area contributed by atoms with Crippen LogP contribution < -0.4 is 5.63 Å². The number of nitrogens with zero attached hydrogens (tertiary/aromatic N) is 1. The Kier molecular flexibility index (Phi) is 4.14. The van der Waals surface area contributed by atoms with Crippen LogP contribution in [-0.2, 0) is 13.1 Å². The van der Waals surface area contributed by atoms with Crippen molar-refractivity contribution in [1.82, 2.24) is 4.90 Å². The van der Waals surface area contributed by atoms with E-state index in [9.17, 15) is 4.79 Å². The van der Waals surface area contributed by atoms with Crippen molar-refractivity contribution in [3.63, 3.8) is 0 Å². The van der Waals surface area contributed by atoms with Gasteiger partial charge in [0.2, 0.25) is 0 Å². The lowest BCUT2D eigenvalue weighted by molar-refractivity contribution is 0.322. The summed E-state index contributed by atoms with van der Waals surface area (Å²) in [5.41, 5.74) is 3.64. The zero-order chi connectivity index (χ0) is 15.7. The van der Waals surface area contributed by atoms with E-state index in [1.165, 1.54) is 4.88 Å². The molecule has 2 aromatic heterocycles. The summed E-state index contributed by atoms with van der Waals surface area (Å²) in [5, 5.41) is 3.11. The van der Waals surface area contributed by atoms with Crippen LogP contribution in [0.5, 0.6) is 0 Å². The summed E-state index contributed by atoms with van der Waals surface area (Å²) in [6.45, 7) is 5.64. The molecule has 0 amide bonds. The normalized spacial score (nSPS) is 11.5. The second-order valence-electron chi connectivity index (χ2n) is 5.73. The molecule has 1 aromatic carbocycles. The Hall–Kier alpha value is -1.91. The van der Waals surface area contributed by atoms with Crippen LogP contribution in [0.15, 0.2) is 44.9 Å². The van der Waals surface area contributed by atoms with E-state index in [1.54, 1.807) is 17.4 Å². The molecule has 0 saturated heterocycles. The van der Waals surface area contributed by atoms with Gasteiger partial charge in [-0.25, -0.2) is 4.79 Å². The first kappa shape index (κ1) is 15.0. The minimum absolute atomic E-state index is 0.277. The van der Waals surface area contributed by atoms with Crippen molar-refractivity contribution < 1.29 is 4.42 Å². The third kappa shape index (κ3) is 2.98. The number of hydrogen-bond acceptors (Lipinski definition) is 4. The van der Waals surface area contributed by atoms with Gasteiger partial charge in [0.1, 0.15) is 5.58 Å². The molecule has 3 aromatic rings. The maximum Gasteiger partial charge on any atom is 0.336 e. The van der Waals surface area contributed by atoms with Crippen molar-refractivity contribution in [3.05, 3.63) is 67.7 Å². The van der Waals surface area contributed by atoms with E-state index in [0.717, 1.165) is 35.2 Å². The highest BCUT2D eigenvalue weighted by Gasteiger charge is 2.11. The van der Waals surface area contributed by atoms with Crippen molar-refractivity contribution in [2.24, 2.45) is 0 Å². The number of thiophene rings is 1. The molecule has 4 heteroatoms. The molecular weight excluding hydrogens is 294 g/mol. The lowest BCUT2D eigenvalue weighted by atomic mass is 10.0. The SMILES string of the molecule is Cc1ccc2c(CN(C)Cc3cccs3)cc(=O)oc2c1C. The number of fused-ring (bicyclic) bond motifs is 1. The molecule has 0 aliphatic carbocycles. The molecule has 0 spiro atoms. The molecule has 0 saturated carbocycles. The van der Waals surface area contributed by atoms with Gasteiger partial charge in [0, 0.05) is 29.4 Å². The molecule has 0 atom stereocenters. The summed E-state index contributed by atoms with van der Waals surface area (Å²) >= 11 is 1.75. The summed E-state index contributed by atoms with van der Waals surface area (Å²) < 4.78 is 5.43. The monoisotopic (exact) mass is 313 g/mol. The minimum Gasteiger partial charge on any atom is -0.422 e. The molecular formula is C18H19NO2S. The van der Waals surface area contributed by atoms with Crippen molar-refractivity contribution in [2.75, 3.05) is 7.05 Å². The lowest BCUT2D eigenvalue weighted by Crippen LogP contribution is -2.18. The molecule has 0 bridgehead atoms. The summed E-state index contributed by atoms with van der Waals surface area (Å²) in [6.07, 6.45) is 0. The largest absolute Gasteiger partial charge is 0.422 e. The van der Waals surface area contributed by atoms with Gasteiger partial charge in [0.25, 0.3) is 0 Å². The average Bonchev–Trinajstić information content (AvgIpc) is 2.96. The minimum atomic E-state index is -0.277. The first-order chi connectivity index (χ1) is 10.5. The predicted molar refractivity (Wildman–Crippen MR) is 91.4 cm³/mol. The zero-order valence-corrected chi connectivity index (χ0v) is 13.9. The summed E-state index contributed by atoms with van der Waals surface area (Å²) in [7, 11) is 2.07. The van der Waals surface area contributed by atoms with E-state index in [0.29, 0.717) is 5.58 Å². The zero-order valence-electron chi connectivity index (χ0n) is 13.1. The van der Waals surface area contributed by atoms with Crippen molar-refractivity contribution >= 4 is 22.3 Å². The molecule has 0 radical (unpaired) electrons. The molecule has 2 heterocycles. The predicted octanol–water partition coefficient (Wildman–Crippen LogP) is 4.10. The van der Waals surface area contributed by atoms with E-state index in [-0.39, 0.29) is 5.63 Å². The van der Waals surface area contributed by atoms with E-state index in [1.807, 2.05) is 13.8 Å². The third-order valence-corrected chi connectivity index (χ3v) is 4.82. The summed E-state index contributed by atoms with van der Waals surface area (Å²) in [6, 6.07) is 9.94. The Balaban J connectivity index is 1.96. The fraction of sp³-hybridized carbons (Fsp3) is 0.278. The van der Waals surface area contributed by atoms with Gasteiger partial charge in [-0.3, -0.25) is 4.90 Å². The van der Waals surface area contributed by atoms with E-state index in [2.05, 4.69) is 41.6 Å². The standard InChI is InChI=1S/C18H19NO2S/c1-12-6-7-16-14(9-17(20)21-18(16)13(12)2)10-19(3)11-15-5-4-8-22-15/h4-9H,10-11H2,1-3H3. The highest BCUT2D eigenvalue weighted by Crippen LogP contribution is 2.24. The van der Waals surface area contributed by atoms with Gasteiger partial charge >= 0.3 is 5.63 Å². The molecule has 0 N–H and O–H groups in total. The molecule has 114 valence electrons. The van der Waals surface area contributed by atoms with Gasteiger partial charge in [-0.1, -0.05) is 18.2 Å². The van der Waals surface area contributed by atoms with E-state index < -0.39 is 0 Å². The van der Waals surface area contributed by atoms with Crippen LogP contribution in [0.3, 0.4) is 0 Å². The maximum absolute atomic E-state index is 11.9. The number of hydrogen-bond donors (Lipinski definition) is 0. The van der Waals surface area contributed by atoms with Crippen LogP contribution in [-0.4, -0.2) is 11.9 Å². The van der Waals surface area contributed by atoms with Gasteiger partial charge in [-0.05, 0) is 49.0 Å². The smallest absolute Gasteiger partial charge is 0.336 e. The molecule has 0 aliphatic rings. The first-order valence-corrected chi connectivity index (χ1v) is 8.16. The van der Waals surface area contributed by atoms with Crippen molar-refractivity contribution in [1.29, 1.82) is 0 Å². The second-order valence-corrected chi connectivity index (χ2v) is 6.76. The van der Waals surface area contributed by atoms with Gasteiger partial charge in [-0.2, -0.15) is 0 Å². The number of aryl methyl sites for hydroxylation is 2. The Bertz CT molecular complexity index is 849. The van der Waals surface area contributed by atoms with Gasteiger partial charge in [0.15, 0.2) is 0 Å². The quantitative estimate of drug-likeness (QED) is 0.680. The Morgan fingerprint density at radius 2 is 2.00 bits per heavy atom. The van der Waals surface area contributed by atoms with Gasteiger partial charge < -0.3 is 4.42 Å². The molecule has 3 rings (SSSR count). The highest BCUT2D eigenvalue weighted by molar-refractivity contribution is 7.09. The lowest BCUT2D eigenvalue weighted by Gasteiger charge is -2.17. The van der Waals surface area contributed by atoms with Gasteiger partial charge in [0.05, 0.1) is 0 Å². The summed E-state index contributed by atoms with van der Waals surface area (Å²) in [5.74, 6) is 0. The van der Waals surface area contributed by atoms with Gasteiger partial charge in [-0.15, -0.1) is 11.3 Å². The van der Waals surface area contributed by atoms with Crippen LogP contribution in [0.1, 0.15) is 21.6 Å². The fourth-order valence-electron chi connectivity index (χ4n) is 2.67. The molecule has 22 heavy (non-hydrogen) atoms. The van der Waals surface area contributed by atoms with Crippen molar-refractivity contribution in [3.8, 4) is 0 Å². The fourth-order valence-corrected chi connectivity index (χ4v) is 3.45. The Morgan fingerprint density at radius 3 is 2.73 bits per heavy atom. The Morgan fingerprint density at radius 1 is 1.18 bits per heavy atom. The van der Waals surface area contributed by atoms with E-state index in [4.69, 9.17) is 4.42 Å². The Labute approximate surface area is 133 Å². The number of rotatable bonds is 4. The second kappa shape index (κ2) is 6.07. The topological polar surface area (TPSA) is 33.5 Å². The molecule has 0 fully saturated rings. The first-order valence-electron chi connectivity index (χ1n) is 7.28. The molecule has 0 aliphatic heterocycles. The van der Waals surface area contributed by atoms with Crippen LogP contribution >= 0.6 is 11.3 Å².